The quantitative estimate of drug-likeness (QED) is 0.430. The summed E-state index contributed by atoms with van der Waals surface area (Å²) in [6.45, 7) is 0.758. The number of nitrogens with one attached hydrogen (secondary N) is 3. The first-order valence-corrected chi connectivity index (χ1v) is 9.50. The van der Waals surface area contributed by atoms with E-state index >= 15 is 0 Å². The number of carbonyl (C=O) groups excluding carboxylic acids is 1. The third-order valence-corrected chi connectivity index (χ3v) is 4.46. The molecule has 0 aliphatic heterocycles. The zero-order chi connectivity index (χ0) is 20.3. The maximum absolute atomic E-state index is 12.1. The lowest BCUT2D eigenvalue weighted by Crippen LogP contribution is -2.42. The van der Waals surface area contributed by atoms with Crippen LogP contribution in [0, 0.1) is 0 Å². The topological polar surface area (TPSA) is 78.4 Å². The smallest absolute Gasteiger partial charge is 0.243 e. The monoisotopic (exact) mass is 387 g/mol. The van der Waals surface area contributed by atoms with Gasteiger partial charge in [-0.25, -0.2) is 0 Å². The second-order valence-corrected chi connectivity index (χ2v) is 6.47. The fourth-order valence-electron chi connectivity index (χ4n) is 3.02. The van der Waals surface area contributed by atoms with E-state index in [-0.39, 0.29) is 18.4 Å². The molecule has 29 heavy (non-hydrogen) atoms. The summed E-state index contributed by atoms with van der Waals surface area (Å²) in [6, 6.07) is 24.3. The van der Waals surface area contributed by atoms with Gasteiger partial charge in [0, 0.05) is 25.7 Å². The maximum atomic E-state index is 12.1. The maximum Gasteiger partial charge on any atom is 0.243 e. The van der Waals surface area contributed by atoms with Crippen LogP contribution in [0.5, 0.6) is 0 Å². The molecule has 6 heteroatoms. The number of nitrogens with zero attached hydrogens (tertiary/aromatic N) is 2. The first-order valence-electron chi connectivity index (χ1n) is 9.50. The van der Waals surface area contributed by atoms with Gasteiger partial charge < -0.3 is 16.0 Å². The van der Waals surface area contributed by atoms with Gasteiger partial charge in [0.05, 0.1) is 18.4 Å². The molecule has 3 N–H and O–H groups in total. The van der Waals surface area contributed by atoms with E-state index in [1.54, 1.807) is 31.6 Å². The molecule has 0 aliphatic carbocycles. The Hall–Kier alpha value is -3.67. The van der Waals surface area contributed by atoms with Gasteiger partial charge in [-0.1, -0.05) is 60.7 Å². The van der Waals surface area contributed by atoms with Crippen molar-refractivity contribution < 1.29 is 4.79 Å². The third-order valence-electron chi connectivity index (χ3n) is 4.46. The molecule has 0 spiro atoms. The van der Waals surface area contributed by atoms with E-state index < -0.39 is 0 Å². The number of pyridine rings is 1. The summed E-state index contributed by atoms with van der Waals surface area (Å²) in [6.07, 6.45) is 3.27. The fourth-order valence-corrected chi connectivity index (χ4v) is 3.02. The zero-order valence-corrected chi connectivity index (χ0v) is 16.4. The van der Waals surface area contributed by atoms with Crippen LogP contribution in [0.4, 0.5) is 5.69 Å². The van der Waals surface area contributed by atoms with Crippen molar-refractivity contribution >= 4 is 17.6 Å². The Bertz CT molecular complexity index is 874. The second kappa shape index (κ2) is 10.6. The van der Waals surface area contributed by atoms with Crippen LogP contribution in [0.1, 0.15) is 17.0 Å². The summed E-state index contributed by atoms with van der Waals surface area (Å²) < 4.78 is 0. The number of hydrogen-bond acceptors (Lipinski definition) is 3. The Morgan fingerprint density at radius 3 is 2.14 bits per heavy atom. The molecule has 1 amide bonds. The van der Waals surface area contributed by atoms with E-state index in [2.05, 4.69) is 50.2 Å². The van der Waals surface area contributed by atoms with Gasteiger partial charge in [0.15, 0.2) is 5.96 Å². The molecule has 3 aromatic rings. The second-order valence-electron chi connectivity index (χ2n) is 6.47. The number of carbonyl (C=O) groups is 1. The van der Waals surface area contributed by atoms with Crippen molar-refractivity contribution in [2.75, 3.05) is 25.5 Å². The highest BCUT2D eigenvalue weighted by Gasteiger charge is 2.14. The van der Waals surface area contributed by atoms with E-state index in [1.807, 2.05) is 36.4 Å². The van der Waals surface area contributed by atoms with Crippen LogP contribution in [-0.2, 0) is 4.79 Å². The molecule has 0 aliphatic rings. The standard InChI is InChI=1S/C23H25N5O/c1-24-23(27-17-22(29)28-20-13-8-14-25-15-20)26-16-21(18-9-4-2-5-10-18)19-11-6-3-7-12-19/h2-15,21H,16-17H2,1H3,(H,28,29)(H2,24,26,27). The molecule has 0 atom stereocenters. The SMILES string of the molecule is CN=C(NCC(=O)Nc1cccnc1)NCC(c1ccccc1)c1ccccc1. The van der Waals surface area contributed by atoms with Gasteiger partial charge in [-0.2, -0.15) is 0 Å². The molecule has 0 radical (unpaired) electrons. The molecular weight excluding hydrogens is 362 g/mol. The number of aromatic nitrogens is 1. The van der Waals surface area contributed by atoms with Crippen LogP contribution in [-0.4, -0.2) is 37.0 Å². The molecule has 1 heterocycles. The third kappa shape index (κ3) is 6.17. The van der Waals surface area contributed by atoms with Gasteiger partial charge in [-0.05, 0) is 23.3 Å². The molecule has 2 aromatic carbocycles. The fraction of sp³-hybridized carbons (Fsp3) is 0.174. The normalized spacial score (nSPS) is 11.2. The lowest BCUT2D eigenvalue weighted by Gasteiger charge is -2.20. The van der Waals surface area contributed by atoms with E-state index in [0.717, 1.165) is 0 Å². The molecule has 0 fully saturated rings. The van der Waals surface area contributed by atoms with Gasteiger partial charge in [0.2, 0.25) is 5.91 Å². The van der Waals surface area contributed by atoms with Crippen LogP contribution >= 0.6 is 0 Å². The number of rotatable bonds is 7. The summed E-state index contributed by atoms with van der Waals surface area (Å²) >= 11 is 0. The van der Waals surface area contributed by atoms with Crippen molar-refractivity contribution in [1.82, 2.24) is 15.6 Å². The number of anilines is 1. The van der Waals surface area contributed by atoms with E-state index in [0.29, 0.717) is 18.2 Å². The van der Waals surface area contributed by atoms with Crippen molar-refractivity contribution in [3.05, 3.63) is 96.3 Å². The molecule has 1 aromatic heterocycles. The Labute approximate surface area is 171 Å². The molecule has 0 saturated carbocycles. The number of benzene rings is 2. The predicted molar refractivity (Wildman–Crippen MR) is 117 cm³/mol. The Balaban J connectivity index is 1.58. The van der Waals surface area contributed by atoms with Crippen LogP contribution < -0.4 is 16.0 Å². The van der Waals surface area contributed by atoms with Gasteiger partial charge in [-0.15, -0.1) is 0 Å². The van der Waals surface area contributed by atoms with Crippen molar-refractivity contribution in [2.45, 2.75) is 5.92 Å². The summed E-state index contributed by atoms with van der Waals surface area (Å²) in [7, 11) is 1.69. The molecule has 0 unspecified atom stereocenters. The molecule has 3 rings (SSSR count). The number of amides is 1. The first-order chi connectivity index (χ1) is 14.3. The minimum atomic E-state index is -0.163. The lowest BCUT2D eigenvalue weighted by atomic mass is 9.91. The summed E-state index contributed by atoms with van der Waals surface area (Å²) in [4.78, 5) is 20.3. The van der Waals surface area contributed by atoms with Crippen LogP contribution in [0.25, 0.3) is 0 Å². The van der Waals surface area contributed by atoms with Crippen LogP contribution in [0.3, 0.4) is 0 Å². The highest BCUT2D eigenvalue weighted by molar-refractivity contribution is 5.94. The minimum Gasteiger partial charge on any atom is -0.355 e. The van der Waals surface area contributed by atoms with Gasteiger partial charge in [0.25, 0.3) is 0 Å². The minimum absolute atomic E-state index is 0.107. The molecule has 148 valence electrons. The Kier molecular flexibility index (Phi) is 7.34. The molecular formula is C23H25N5O. The number of aliphatic imine (C=N–C) groups is 1. The summed E-state index contributed by atoms with van der Waals surface area (Å²) in [5.74, 6) is 0.576. The molecule has 6 nitrogen and oxygen atoms in total. The Morgan fingerprint density at radius 2 is 1.59 bits per heavy atom. The van der Waals surface area contributed by atoms with E-state index in [4.69, 9.17) is 0 Å². The lowest BCUT2D eigenvalue weighted by molar-refractivity contribution is -0.115. The number of hydrogen-bond donors (Lipinski definition) is 3. The van der Waals surface area contributed by atoms with E-state index in [1.165, 1.54) is 11.1 Å². The zero-order valence-electron chi connectivity index (χ0n) is 16.4. The average molecular weight is 387 g/mol. The van der Waals surface area contributed by atoms with Crippen molar-refractivity contribution in [3.63, 3.8) is 0 Å². The summed E-state index contributed by atoms with van der Waals surface area (Å²) in [5.41, 5.74) is 3.10. The average Bonchev–Trinajstić information content (AvgIpc) is 2.78. The van der Waals surface area contributed by atoms with Crippen molar-refractivity contribution in [1.29, 1.82) is 0 Å². The first kappa shape index (κ1) is 20.1. The molecule has 0 bridgehead atoms. The van der Waals surface area contributed by atoms with E-state index in [9.17, 15) is 4.79 Å². The van der Waals surface area contributed by atoms with Gasteiger partial charge in [0.1, 0.15) is 0 Å². The van der Waals surface area contributed by atoms with Crippen molar-refractivity contribution in [3.8, 4) is 0 Å². The summed E-state index contributed by atoms with van der Waals surface area (Å²) in [5, 5.41) is 9.18. The van der Waals surface area contributed by atoms with Gasteiger partial charge in [-0.3, -0.25) is 14.8 Å². The largest absolute Gasteiger partial charge is 0.355 e. The van der Waals surface area contributed by atoms with Crippen LogP contribution in [0.15, 0.2) is 90.2 Å². The van der Waals surface area contributed by atoms with Gasteiger partial charge >= 0.3 is 0 Å². The van der Waals surface area contributed by atoms with Crippen molar-refractivity contribution in [2.24, 2.45) is 4.99 Å². The highest BCUT2D eigenvalue weighted by atomic mass is 16.1. The van der Waals surface area contributed by atoms with Crippen LogP contribution in [0.2, 0.25) is 0 Å². The Morgan fingerprint density at radius 1 is 0.931 bits per heavy atom. The highest BCUT2D eigenvalue weighted by Crippen LogP contribution is 2.23. The number of guanidine groups is 1. The predicted octanol–water partition coefficient (Wildman–Crippen LogP) is 3.02. The molecule has 0 saturated heterocycles.